The van der Waals surface area contributed by atoms with Crippen molar-refractivity contribution in [3.63, 3.8) is 0 Å². The summed E-state index contributed by atoms with van der Waals surface area (Å²) in [6.45, 7) is 2.51. The number of unbranched alkanes of at least 4 members (excludes halogenated alkanes) is 2. The third-order valence-corrected chi connectivity index (χ3v) is 2.18. The molecule has 0 amide bonds. The Hall–Kier alpha value is -1.09. The molecule has 0 heterocycles. The first-order valence-corrected chi connectivity index (χ1v) is 5.30. The Balaban J connectivity index is 2.47. The highest BCUT2D eigenvalue weighted by atomic mass is 19.1. The van der Waals surface area contributed by atoms with Crippen LogP contribution >= 0.6 is 0 Å². The maximum Gasteiger partial charge on any atom is 0.165 e. The highest BCUT2D eigenvalue weighted by Gasteiger charge is 2.03. The van der Waals surface area contributed by atoms with Gasteiger partial charge in [0.1, 0.15) is 0 Å². The van der Waals surface area contributed by atoms with Crippen LogP contribution in [-0.4, -0.2) is 11.7 Å². The van der Waals surface area contributed by atoms with Crippen LogP contribution in [0.5, 0.6) is 5.75 Å². The Morgan fingerprint density at radius 3 is 2.73 bits per heavy atom. The van der Waals surface area contributed by atoms with E-state index in [0.29, 0.717) is 12.2 Å². The topological polar surface area (TPSA) is 29.5 Å². The summed E-state index contributed by atoms with van der Waals surface area (Å²) in [4.78, 5) is 0. The van der Waals surface area contributed by atoms with Crippen molar-refractivity contribution in [2.75, 3.05) is 6.61 Å². The third kappa shape index (κ3) is 3.88. The standard InChI is InChI=1S/C12H17FO2/c1-2-3-4-7-15-12-6-5-10(9-14)8-11(12)13/h5-6,8,14H,2-4,7,9H2,1H3. The Labute approximate surface area is 89.7 Å². The number of aliphatic hydroxyl groups is 1. The van der Waals surface area contributed by atoms with Crippen LogP contribution in [0.2, 0.25) is 0 Å². The summed E-state index contributed by atoms with van der Waals surface area (Å²) in [6, 6.07) is 4.53. The molecule has 0 spiro atoms. The number of ether oxygens (including phenoxy) is 1. The molecular formula is C12H17FO2. The van der Waals surface area contributed by atoms with E-state index in [4.69, 9.17) is 9.84 Å². The second-order valence-electron chi connectivity index (χ2n) is 3.48. The molecule has 0 aliphatic rings. The van der Waals surface area contributed by atoms with Gasteiger partial charge in [-0.3, -0.25) is 0 Å². The molecule has 0 aliphatic carbocycles. The predicted molar refractivity (Wildman–Crippen MR) is 57.3 cm³/mol. The van der Waals surface area contributed by atoms with Crippen molar-refractivity contribution in [3.8, 4) is 5.75 Å². The fourth-order valence-corrected chi connectivity index (χ4v) is 1.29. The molecule has 84 valence electrons. The molecule has 0 unspecified atom stereocenters. The van der Waals surface area contributed by atoms with E-state index in [2.05, 4.69) is 6.92 Å². The fourth-order valence-electron chi connectivity index (χ4n) is 1.29. The van der Waals surface area contributed by atoms with Crippen molar-refractivity contribution in [1.29, 1.82) is 0 Å². The Bertz CT molecular complexity index is 300. The SMILES string of the molecule is CCCCCOc1ccc(CO)cc1F. The van der Waals surface area contributed by atoms with E-state index in [1.54, 1.807) is 12.1 Å². The van der Waals surface area contributed by atoms with E-state index >= 15 is 0 Å². The number of aliphatic hydroxyl groups excluding tert-OH is 1. The van der Waals surface area contributed by atoms with Gasteiger partial charge in [-0.1, -0.05) is 25.8 Å². The van der Waals surface area contributed by atoms with Gasteiger partial charge >= 0.3 is 0 Å². The van der Waals surface area contributed by atoms with E-state index in [0.717, 1.165) is 19.3 Å². The van der Waals surface area contributed by atoms with Gasteiger partial charge in [0.15, 0.2) is 11.6 Å². The lowest BCUT2D eigenvalue weighted by Crippen LogP contribution is -1.99. The first-order valence-electron chi connectivity index (χ1n) is 5.30. The number of hydrogen-bond acceptors (Lipinski definition) is 2. The van der Waals surface area contributed by atoms with Crippen molar-refractivity contribution >= 4 is 0 Å². The molecule has 2 nitrogen and oxygen atoms in total. The summed E-state index contributed by atoms with van der Waals surface area (Å²) in [7, 11) is 0. The Kier molecular flexibility index (Phi) is 5.12. The van der Waals surface area contributed by atoms with Gasteiger partial charge in [-0.2, -0.15) is 0 Å². The van der Waals surface area contributed by atoms with Crippen molar-refractivity contribution in [2.24, 2.45) is 0 Å². The van der Waals surface area contributed by atoms with Gasteiger partial charge in [0.05, 0.1) is 13.2 Å². The molecule has 3 heteroatoms. The Morgan fingerprint density at radius 1 is 1.33 bits per heavy atom. The molecule has 1 aromatic rings. The van der Waals surface area contributed by atoms with Crippen LogP contribution in [0.15, 0.2) is 18.2 Å². The molecule has 0 radical (unpaired) electrons. The van der Waals surface area contributed by atoms with E-state index in [1.165, 1.54) is 6.07 Å². The summed E-state index contributed by atoms with van der Waals surface area (Å²) in [5.74, 6) is -0.138. The van der Waals surface area contributed by atoms with Crippen LogP contribution < -0.4 is 4.74 Å². The van der Waals surface area contributed by atoms with Gasteiger partial charge in [-0.25, -0.2) is 4.39 Å². The van der Waals surface area contributed by atoms with Crippen molar-refractivity contribution < 1.29 is 14.2 Å². The van der Waals surface area contributed by atoms with Crippen molar-refractivity contribution in [3.05, 3.63) is 29.6 Å². The lowest BCUT2D eigenvalue weighted by molar-refractivity contribution is 0.277. The fraction of sp³-hybridized carbons (Fsp3) is 0.500. The monoisotopic (exact) mass is 212 g/mol. The van der Waals surface area contributed by atoms with Crippen molar-refractivity contribution in [2.45, 2.75) is 32.8 Å². The predicted octanol–water partition coefficient (Wildman–Crippen LogP) is 2.89. The molecule has 15 heavy (non-hydrogen) atoms. The largest absolute Gasteiger partial charge is 0.491 e. The van der Waals surface area contributed by atoms with Crippen LogP contribution in [-0.2, 0) is 6.61 Å². The Morgan fingerprint density at radius 2 is 2.13 bits per heavy atom. The maximum atomic E-state index is 13.3. The van der Waals surface area contributed by atoms with Gasteiger partial charge < -0.3 is 9.84 Å². The smallest absolute Gasteiger partial charge is 0.165 e. The molecule has 0 saturated carbocycles. The number of benzene rings is 1. The van der Waals surface area contributed by atoms with Gasteiger partial charge in [0, 0.05) is 0 Å². The van der Waals surface area contributed by atoms with Gasteiger partial charge in [0.2, 0.25) is 0 Å². The first kappa shape index (κ1) is 12.0. The average Bonchev–Trinajstić information content (AvgIpc) is 2.26. The molecule has 1 N–H and O–H groups in total. The van der Waals surface area contributed by atoms with Crippen LogP contribution in [0.25, 0.3) is 0 Å². The van der Waals surface area contributed by atoms with Crippen LogP contribution in [0.3, 0.4) is 0 Å². The normalized spacial score (nSPS) is 10.3. The molecule has 0 bridgehead atoms. The number of rotatable bonds is 6. The van der Waals surface area contributed by atoms with Gasteiger partial charge in [-0.05, 0) is 24.1 Å². The molecule has 0 fully saturated rings. The zero-order valence-electron chi connectivity index (χ0n) is 9.00. The van der Waals surface area contributed by atoms with E-state index < -0.39 is 5.82 Å². The van der Waals surface area contributed by atoms with E-state index in [1.807, 2.05) is 0 Å². The lowest BCUT2D eigenvalue weighted by atomic mass is 10.2. The van der Waals surface area contributed by atoms with E-state index in [-0.39, 0.29) is 12.4 Å². The number of halogens is 1. The maximum absolute atomic E-state index is 13.3. The molecule has 0 saturated heterocycles. The van der Waals surface area contributed by atoms with E-state index in [9.17, 15) is 4.39 Å². The molecule has 0 atom stereocenters. The molecule has 1 rings (SSSR count). The highest BCUT2D eigenvalue weighted by Crippen LogP contribution is 2.18. The summed E-state index contributed by atoms with van der Waals surface area (Å²) in [5.41, 5.74) is 0.563. The minimum Gasteiger partial charge on any atom is -0.491 e. The highest BCUT2D eigenvalue weighted by molar-refractivity contribution is 5.28. The molecule has 0 aliphatic heterocycles. The first-order chi connectivity index (χ1) is 7.27. The zero-order chi connectivity index (χ0) is 11.1. The quantitative estimate of drug-likeness (QED) is 0.735. The van der Waals surface area contributed by atoms with Crippen molar-refractivity contribution in [1.82, 2.24) is 0 Å². The van der Waals surface area contributed by atoms with Gasteiger partial charge in [-0.15, -0.1) is 0 Å². The average molecular weight is 212 g/mol. The lowest BCUT2D eigenvalue weighted by Gasteiger charge is -2.07. The minimum absolute atomic E-state index is 0.146. The molecule has 0 aromatic heterocycles. The van der Waals surface area contributed by atoms with Crippen LogP contribution in [0, 0.1) is 5.82 Å². The van der Waals surface area contributed by atoms with Crippen LogP contribution in [0.1, 0.15) is 31.7 Å². The van der Waals surface area contributed by atoms with Gasteiger partial charge in [0.25, 0.3) is 0 Å². The summed E-state index contributed by atoms with van der Waals surface area (Å²) >= 11 is 0. The molecule has 1 aromatic carbocycles. The molecular weight excluding hydrogens is 195 g/mol. The summed E-state index contributed by atoms with van der Waals surface area (Å²) < 4.78 is 18.6. The summed E-state index contributed by atoms with van der Waals surface area (Å²) in [6.07, 6.45) is 3.16. The zero-order valence-corrected chi connectivity index (χ0v) is 9.00. The third-order valence-electron chi connectivity index (χ3n) is 2.18. The minimum atomic E-state index is -0.405. The summed E-state index contributed by atoms with van der Waals surface area (Å²) in [5, 5.41) is 8.79. The van der Waals surface area contributed by atoms with Crippen LogP contribution in [0.4, 0.5) is 4.39 Å². The number of hydrogen-bond donors (Lipinski definition) is 1. The second-order valence-corrected chi connectivity index (χ2v) is 3.48. The second kappa shape index (κ2) is 6.40.